The minimum Gasteiger partial charge on any atom is -0.310 e. The lowest BCUT2D eigenvalue weighted by atomic mass is 10.0. The van der Waals surface area contributed by atoms with Crippen molar-refractivity contribution in [1.82, 2.24) is 5.32 Å². The maximum absolute atomic E-state index is 3.66. The van der Waals surface area contributed by atoms with Crippen molar-refractivity contribution < 1.29 is 0 Å². The number of hydrogen-bond donors (Lipinski definition) is 1. The standard InChI is InChI=1S/C16H27N/c1-4-16(15-11-6-5-7-12-15)17-13-9-8-10-14(2)3/h5-7,11-12,14,16-17H,4,8-10,13H2,1-3H3. The molecule has 0 radical (unpaired) electrons. The van der Waals surface area contributed by atoms with E-state index in [1.807, 2.05) is 0 Å². The van der Waals surface area contributed by atoms with Crippen molar-refractivity contribution in [1.29, 1.82) is 0 Å². The van der Waals surface area contributed by atoms with Crippen LogP contribution in [0.2, 0.25) is 0 Å². The lowest BCUT2D eigenvalue weighted by molar-refractivity contribution is 0.476. The topological polar surface area (TPSA) is 12.0 Å². The summed E-state index contributed by atoms with van der Waals surface area (Å²) in [6.07, 6.45) is 5.15. The predicted molar refractivity (Wildman–Crippen MR) is 76.2 cm³/mol. The molecule has 0 heterocycles. The van der Waals surface area contributed by atoms with Gasteiger partial charge in [-0.3, -0.25) is 0 Å². The second kappa shape index (κ2) is 8.30. The van der Waals surface area contributed by atoms with Gasteiger partial charge in [-0.2, -0.15) is 0 Å². The monoisotopic (exact) mass is 233 g/mol. The molecule has 0 aromatic heterocycles. The number of benzene rings is 1. The molecule has 1 heteroatoms. The lowest BCUT2D eigenvalue weighted by Crippen LogP contribution is -2.21. The first-order valence-electron chi connectivity index (χ1n) is 7.02. The SMILES string of the molecule is CCC(NCCCCC(C)C)c1ccccc1. The fourth-order valence-electron chi connectivity index (χ4n) is 2.14. The van der Waals surface area contributed by atoms with Gasteiger partial charge >= 0.3 is 0 Å². The van der Waals surface area contributed by atoms with Gasteiger partial charge in [-0.05, 0) is 30.9 Å². The van der Waals surface area contributed by atoms with Gasteiger partial charge in [0.1, 0.15) is 0 Å². The summed E-state index contributed by atoms with van der Waals surface area (Å²) in [7, 11) is 0. The van der Waals surface area contributed by atoms with Gasteiger partial charge in [0, 0.05) is 6.04 Å². The Kier molecular flexibility index (Phi) is 6.95. The van der Waals surface area contributed by atoms with Gasteiger partial charge in [-0.15, -0.1) is 0 Å². The Labute approximate surface area is 107 Å². The first kappa shape index (κ1) is 14.2. The molecule has 1 nitrogen and oxygen atoms in total. The predicted octanol–water partition coefficient (Wildman–Crippen LogP) is 4.55. The van der Waals surface area contributed by atoms with Gasteiger partial charge < -0.3 is 5.32 Å². The zero-order valence-corrected chi connectivity index (χ0v) is 11.6. The van der Waals surface area contributed by atoms with E-state index in [4.69, 9.17) is 0 Å². The van der Waals surface area contributed by atoms with Crippen molar-refractivity contribution in [3.8, 4) is 0 Å². The van der Waals surface area contributed by atoms with E-state index >= 15 is 0 Å². The molecule has 96 valence electrons. The molecule has 0 saturated heterocycles. The average Bonchev–Trinajstić information content (AvgIpc) is 2.34. The summed E-state index contributed by atoms with van der Waals surface area (Å²) in [5.41, 5.74) is 1.42. The normalized spacial score (nSPS) is 12.9. The Morgan fingerprint density at radius 1 is 1.06 bits per heavy atom. The van der Waals surface area contributed by atoms with Crippen LogP contribution in [0.5, 0.6) is 0 Å². The second-order valence-electron chi connectivity index (χ2n) is 5.22. The molecule has 1 aromatic rings. The zero-order valence-electron chi connectivity index (χ0n) is 11.6. The molecule has 1 rings (SSSR count). The van der Waals surface area contributed by atoms with Crippen LogP contribution in [0.25, 0.3) is 0 Å². The third kappa shape index (κ3) is 5.88. The van der Waals surface area contributed by atoms with Crippen LogP contribution in [0.1, 0.15) is 58.1 Å². The number of nitrogens with one attached hydrogen (secondary N) is 1. The summed E-state index contributed by atoms with van der Waals surface area (Å²) in [5.74, 6) is 0.839. The highest BCUT2D eigenvalue weighted by molar-refractivity contribution is 5.18. The molecule has 1 atom stereocenters. The van der Waals surface area contributed by atoms with Gasteiger partial charge in [0.15, 0.2) is 0 Å². The van der Waals surface area contributed by atoms with Crippen LogP contribution in [-0.2, 0) is 0 Å². The zero-order chi connectivity index (χ0) is 12.5. The van der Waals surface area contributed by atoms with Gasteiger partial charge in [0.25, 0.3) is 0 Å². The van der Waals surface area contributed by atoms with Crippen LogP contribution in [-0.4, -0.2) is 6.54 Å². The van der Waals surface area contributed by atoms with E-state index in [1.165, 1.54) is 24.8 Å². The Hall–Kier alpha value is -0.820. The quantitative estimate of drug-likeness (QED) is 0.649. The average molecular weight is 233 g/mol. The van der Waals surface area contributed by atoms with E-state index < -0.39 is 0 Å². The van der Waals surface area contributed by atoms with Gasteiger partial charge in [0.05, 0.1) is 0 Å². The highest BCUT2D eigenvalue weighted by atomic mass is 14.9. The summed E-state index contributed by atoms with van der Waals surface area (Å²) < 4.78 is 0. The van der Waals surface area contributed by atoms with E-state index in [0.29, 0.717) is 6.04 Å². The second-order valence-corrected chi connectivity index (χ2v) is 5.22. The number of hydrogen-bond acceptors (Lipinski definition) is 1. The van der Waals surface area contributed by atoms with Crippen LogP contribution >= 0.6 is 0 Å². The Morgan fingerprint density at radius 2 is 1.76 bits per heavy atom. The molecule has 0 saturated carbocycles. The largest absolute Gasteiger partial charge is 0.310 e. The summed E-state index contributed by atoms with van der Waals surface area (Å²) in [6, 6.07) is 11.3. The first-order valence-corrected chi connectivity index (χ1v) is 7.02. The Balaban J connectivity index is 2.24. The van der Waals surface area contributed by atoms with Crippen LogP contribution in [0.15, 0.2) is 30.3 Å². The molecule has 1 N–H and O–H groups in total. The molecule has 1 unspecified atom stereocenters. The molecular weight excluding hydrogens is 206 g/mol. The minimum absolute atomic E-state index is 0.523. The molecule has 1 aromatic carbocycles. The summed E-state index contributed by atoms with van der Waals surface area (Å²) in [6.45, 7) is 7.98. The van der Waals surface area contributed by atoms with Crippen molar-refractivity contribution in [2.75, 3.05) is 6.54 Å². The molecule has 0 fully saturated rings. The summed E-state index contributed by atoms with van der Waals surface area (Å²) >= 11 is 0. The fraction of sp³-hybridized carbons (Fsp3) is 0.625. The Bertz CT molecular complexity index is 279. The van der Waals surface area contributed by atoms with Crippen molar-refractivity contribution in [3.63, 3.8) is 0 Å². The van der Waals surface area contributed by atoms with Crippen molar-refractivity contribution in [2.45, 2.75) is 52.5 Å². The molecule has 0 aliphatic carbocycles. The first-order chi connectivity index (χ1) is 8.24. The molecule has 0 aliphatic rings. The summed E-state index contributed by atoms with van der Waals surface area (Å²) in [4.78, 5) is 0. The fourth-order valence-corrected chi connectivity index (χ4v) is 2.14. The maximum Gasteiger partial charge on any atom is 0.0317 e. The third-order valence-corrected chi connectivity index (χ3v) is 3.21. The molecule has 0 bridgehead atoms. The molecule has 0 spiro atoms. The van der Waals surface area contributed by atoms with E-state index in [0.717, 1.165) is 18.9 Å². The lowest BCUT2D eigenvalue weighted by Gasteiger charge is -2.17. The number of rotatable bonds is 8. The number of unbranched alkanes of at least 4 members (excludes halogenated alkanes) is 1. The smallest absolute Gasteiger partial charge is 0.0317 e. The van der Waals surface area contributed by atoms with E-state index in [-0.39, 0.29) is 0 Å². The summed E-state index contributed by atoms with van der Waals surface area (Å²) in [5, 5.41) is 3.66. The van der Waals surface area contributed by atoms with Crippen molar-refractivity contribution in [2.24, 2.45) is 5.92 Å². The van der Waals surface area contributed by atoms with E-state index in [1.54, 1.807) is 0 Å². The molecule has 17 heavy (non-hydrogen) atoms. The van der Waals surface area contributed by atoms with Crippen molar-refractivity contribution >= 4 is 0 Å². The highest BCUT2D eigenvalue weighted by Crippen LogP contribution is 2.16. The van der Waals surface area contributed by atoms with E-state index in [2.05, 4.69) is 56.4 Å². The molecule has 0 aliphatic heterocycles. The third-order valence-electron chi connectivity index (χ3n) is 3.21. The van der Waals surface area contributed by atoms with Crippen LogP contribution < -0.4 is 5.32 Å². The van der Waals surface area contributed by atoms with Crippen molar-refractivity contribution in [3.05, 3.63) is 35.9 Å². The molecule has 0 amide bonds. The van der Waals surface area contributed by atoms with Gasteiger partial charge in [-0.1, -0.05) is 63.9 Å². The Morgan fingerprint density at radius 3 is 2.35 bits per heavy atom. The van der Waals surface area contributed by atoms with Crippen LogP contribution in [0.3, 0.4) is 0 Å². The van der Waals surface area contributed by atoms with Crippen LogP contribution in [0, 0.1) is 5.92 Å². The maximum atomic E-state index is 3.66. The highest BCUT2D eigenvalue weighted by Gasteiger charge is 2.06. The molecular formula is C16H27N. The minimum atomic E-state index is 0.523. The van der Waals surface area contributed by atoms with Crippen LogP contribution in [0.4, 0.5) is 0 Å². The van der Waals surface area contributed by atoms with Gasteiger partial charge in [-0.25, -0.2) is 0 Å². The van der Waals surface area contributed by atoms with Gasteiger partial charge in [0.2, 0.25) is 0 Å². The van der Waals surface area contributed by atoms with E-state index in [9.17, 15) is 0 Å².